The number of nitrogens with zero attached hydrogens (tertiary/aromatic N) is 2. The summed E-state index contributed by atoms with van der Waals surface area (Å²) in [4.78, 5) is 31.1. The Morgan fingerprint density at radius 2 is 1.70 bits per heavy atom. The van der Waals surface area contributed by atoms with Gasteiger partial charge in [-0.05, 0) is 24.0 Å². The van der Waals surface area contributed by atoms with Crippen molar-refractivity contribution >= 4 is 23.6 Å². The minimum absolute atomic E-state index is 0.0225. The van der Waals surface area contributed by atoms with Crippen molar-refractivity contribution in [3.63, 3.8) is 0 Å². The molecule has 0 spiro atoms. The van der Waals surface area contributed by atoms with Gasteiger partial charge in [0.25, 0.3) is 0 Å². The molecule has 156 valence electrons. The third-order valence-electron chi connectivity index (χ3n) is 7.12. The summed E-state index contributed by atoms with van der Waals surface area (Å²) in [7, 11) is 0. The van der Waals surface area contributed by atoms with Crippen molar-refractivity contribution in [2.24, 2.45) is 5.41 Å². The van der Waals surface area contributed by atoms with Crippen molar-refractivity contribution in [2.45, 2.75) is 56.6 Å². The van der Waals surface area contributed by atoms with E-state index in [1.807, 2.05) is 53.1 Å². The number of Topliss-reactive ketones (excluding diaryl/α,β-unsaturated/α-hetero) is 1. The number of amides is 2. The van der Waals surface area contributed by atoms with Crippen LogP contribution in [0.3, 0.4) is 0 Å². The number of hydrogen-bond acceptors (Lipinski definition) is 3. The number of rotatable bonds is 4. The van der Waals surface area contributed by atoms with Gasteiger partial charge >= 0.3 is 6.03 Å². The van der Waals surface area contributed by atoms with Crippen molar-refractivity contribution < 1.29 is 9.59 Å². The van der Waals surface area contributed by atoms with E-state index in [1.54, 1.807) is 0 Å². The van der Waals surface area contributed by atoms with Crippen molar-refractivity contribution in [2.75, 3.05) is 5.75 Å². The Bertz CT molecular complexity index is 935. The van der Waals surface area contributed by atoms with Crippen LogP contribution in [0, 0.1) is 5.41 Å². The summed E-state index contributed by atoms with van der Waals surface area (Å²) in [5.74, 6) is 1.21. The Labute approximate surface area is 182 Å². The van der Waals surface area contributed by atoms with Crippen LogP contribution < -0.4 is 0 Å². The highest BCUT2D eigenvalue weighted by atomic mass is 32.2. The zero-order valence-electron chi connectivity index (χ0n) is 17.4. The maximum atomic E-state index is 13.8. The zero-order valence-corrected chi connectivity index (χ0v) is 18.2. The SMILES string of the molecule is CC1([C@H]2[C@H]3CS[C@@H](c4ccccc4)N3C(=O)N2Cc2ccccc2)CCCCC1=O. The highest BCUT2D eigenvalue weighted by molar-refractivity contribution is 7.99. The van der Waals surface area contributed by atoms with Crippen LogP contribution in [0.15, 0.2) is 60.7 Å². The van der Waals surface area contributed by atoms with E-state index in [-0.39, 0.29) is 23.5 Å². The van der Waals surface area contributed by atoms with Crippen LogP contribution >= 0.6 is 11.8 Å². The second kappa shape index (κ2) is 7.77. The molecule has 2 amide bonds. The highest BCUT2D eigenvalue weighted by Crippen LogP contribution is 2.52. The van der Waals surface area contributed by atoms with Crippen LogP contribution in [0.1, 0.15) is 49.1 Å². The Morgan fingerprint density at radius 1 is 1.00 bits per heavy atom. The van der Waals surface area contributed by atoms with Gasteiger partial charge < -0.3 is 9.80 Å². The molecule has 0 N–H and O–H groups in total. The number of fused-ring (bicyclic) bond motifs is 1. The van der Waals surface area contributed by atoms with Gasteiger partial charge in [-0.2, -0.15) is 0 Å². The minimum atomic E-state index is -0.464. The van der Waals surface area contributed by atoms with Crippen LogP contribution in [-0.4, -0.2) is 39.5 Å². The quantitative estimate of drug-likeness (QED) is 0.678. The second-order valence-corrected chi connectivity index (χ2v) is 10.1. The molecule has 1 saturated carbocycles. The molecule has 5 heteroatoms. The summed E-state index contributed by atoms with van der Waals surface area (Å²) in [6, 6.07) is 20.6. The zero-order chi connectivity index (χ0) is 20.7. The number of urea groups is 1. The lowest BCUT2D eigenvalue weighted by Gasteiger charge is -2.42. The molecule has 4 nitrogen and oxygen atoms in total. The predicted molar refractivity (Wildman–Crippen MR) is 120 cm³/mol. The maximum absolute atomic E-state index is 13.8. The van der Waals surface area contributed by atoms with E-state index in [0.717, 1.165) is 30.6 Å². The summed E-state index contributed by atoms with van der Waals surface area (Å²) in [5, 5.41) is 0.0225. The molecule has 2 saturated heterocycles. The van der Waals surface area contributed by atoms with E-state index in [2.05, 4.69) is 36.1 Å². The first-order chi connectivity index (χ1) is 14.6. The standard InChI is InChI=1S/C25H28N2O2S/c1-25(15-9-8-14-21(25)28)22-20-17-30-23(19-12-6-3-7-13-19)27(20)24(29)26(22)16-18-10-4-2-5-11-18/h2-7,10-13,20,22-23H,8-9,14-17H2,1H3/t20-,22-,23+,25?/m1/s1. The number of hydrogen-bond donors (Lipinski definition) is 0. The Kier molecular flexibility index (Phi) is 5.10. The lowest BCUT2D eigenvalue weighted by Crippen LogP contribution is -2.53. The summed E-state index contributed by atoms with van der Waals surface area (Å²) in [6.45, 7) is 2.68. The molecular weight excluding hydrogens is 392 g/mol. The van der Waals surface area contributed by atoms with Crippen LogP contribution in [-0.2, 0) is 11.3 Å². The molecule has 3 fully saturated rings. The van der Waals surface area contributed by atoms with Gasteiger partial charge in [0, 0.05) is 24.1 Å². The number of carbonyl (C=O) groups is 2. The van der Waals surface area contributed by atoms with Crippen molar-refractivity contribution in [3.05, 3.63) is 71.8 Å². The van der Waals surface area contributed by atoms with Gasteiger partial charge in [0.1, 0.15) is 11.2 Å². The molecule has 2 aromatic rings. The Balaban J connectivity index is 1.54. The first-order valence-electron chi connectivity index (χ1n) is 10.9. The van der Waals surface area contributed by atoms with Crippen LogP contribution in [0.2, 0.25) is 0 Å². The van der Waals surface area contributed by atoms with Gasteiger partial charge in [-0.15, -0.1) is 11.8 Å². The van der Waals surface area contributed by atoms with Gasteiger partial charge in [0.05, 0.1) is 12.1 Å². The average molecular weight is 421 g/mol. The minimum Gasteiger partial charge on any atom is -0.314 e. The lowest BCUT2D eigenvalue weighted by molar-refractivity contribution is -0.134. The monoisotopic (exact) mass is 420 g/mol. The lowest BCUT2D eigenvalue weighted by atomic mass is 9.67. The fourth-order valence-corrected chi connectivity index (χ4v) is 7.07. The molecule has 2 heterocycles. The molecule has 5 rings (SSSR count). The summed E-state index contributed by atoms with van der Waals surface area (Å²) in [6.07, 6.45) is 3.56. The predicted octanol–water partition coefficient (Wildman–Crippen LogP) is 5.26. The molecular formula is C25H28N2O2S. The number of ketones is 1. The summed E-state index contributed by atoms with van der Waals surface area (Å²) < 4.78 is 0. The van der Waals surface area contributed by atoms with Gasteiger partial charge in [0.15, 0.2) is 0 Å². The molecule has 0 radical (unpaired) electrons. The summed E-state index contributed by atoms with van der Waals surface area (Å²) in [5.41, 5.74) is 1.82. The smallest absolute Gasteiger partial charge is 0.314 e. The number of benzene rings is 2. The first-order valence-corrected chi connectivity index (χ1v) is 12.0. The van der Waals surface area contributed by atoms with E-state index >= 15 is 0 Å². The molecule has 4 atom stereocenters. The maximum Gasteiger partial charge on any atom is 0.322 e. The van der Waals surface area contributed by atoms with Gasteiger partial charge in [0.2, 0.25) is 0 Å². The molecule has 3 aliphatic rings. The van der Waals surface area contributed by atoms with E-state index < -0.39 is 5.41 Å². The number of carbonyl (C=O) groups excluding carboxylic acids is 2. The topological polar surface area (TPSA) is 40.6 Å². The van der Waals surface area contributed by atoms with Gasteiger partial charge in [-0.3, -0.25) is 4.79 Å². The van der Waals surface area contributed by atoms with E-state index in [4.69, 9.17) is 0 Å². The largest absolute Gasteiger partial charge is 0.322 e. The molecule has 0 bridgehead atoms. The average Bonchev–Trinajstić information content (AvgIpc) is 3.31. The van der Waals surface area contributed by atoms with E-state index in [1.165, 1.54) is 5.56 Å². The third-order valence-corrected chi connectivity index (χ3v) is 8.47. The van der Waals surface area contributed by atoms with E-state index in [0.29, 0.717) is 18.7 Å². The van der Waals surface area contributed by atoms with E-state index in [9.17, 15) is 9.59 Å². The fourth-order valence-electron chi connectivity index (χ4n) is 5.59. The van der Waals surface area contributed by atoms with Crippen LogP contribution in [0.4, 0.5) is 4.79 Å². The first kappa shape index (κ1) is 19.7. The fraction of sp³-hybridized carbons (Fsp3) is 0.440. The second-order valence-electron chi connectivity index (χ2n) is 8.96. The molecule has 1 unspecified atom stereocenters. The van der Waals surface area contributed by atoms with Crippen molar-refractivity contribution in [1.82, 2.24) is 9.80 Å². The van der Waals surface area contributed by atoms with Crippen molar-refractivity contribution in [1.29, 1.82) is 0 Å². The normalized spacial score (nSPS) is 31.3. The molecule has 0 aromatic heterocycles. The summed E-state index contributed by atoms with van der Waals surface area (Å²) >= 11 is 1.83. The van der Waals surface area contributed by atoms with Crippen LogP contribution in [0.5, 0.6) is 0 Å². The highest BCUT2D eigenvalue weighted by Gasteiger charge is 2.60. The number of thioether (sulfide) groups is 1. The van der Waals surface area contributed by atoms with Gasteiger partial charge in [-0.1, -0.05) is 74.0 Å². The Morgan fingerprint density at radius 3 is 2.40 bits per heavy atom. The van der Waals surface area contributed by atoms with Crippen molar-refractivity contribution in [3.8, 4) is 0 Å². The molecule has 1 aliphatic carbocycles. The third kappa shape index (κ3) is 3.15. The molecule has 2 aromatic carbocycles. The van der Waals surface area contributed by atoms with Gasteiger partial charge in [-0.25, -0.2) is 4.79 Å². The van der Waals surface area contributed by atoms with Crippen LogP contribution in [0.25, 0.3) is 0 Å². The molecule has 30 heavy (non-hydrogen) atoms. The molecule has 2 aliphatic heterocycles. The Hall–Kier alpha value is -2.27.